The molecular formula is C10H16N2O3S. The number of methoxy groups -OCH3 is 1. The number of aryl methyl sites for hydroxylation is 1. The fourth-order valence-electron chi connectivity index (χ4n) is 1.28. The van der Waals surface area contributed by atoms with E-state index in [1.165, 1.54) is 18.4 Å². The number of hydrogen-bond acceptors (Lipinski definition) is 6. The maximum absolute atomic E-state index is 11.3. The number of ether oxygens (including phenoxy) is 1. The molecule has 90 valence electrons. The Kier molecular flexibility index (Phi) is 4.85. The number of aliphatic hydroxyl groups is 1. The topological polar surface area (TPSA) is 71.5 Å². The van der Waals surface area contributed by atoms with Gasteiger partial charge < -0.3 is 9.84 Å². The predicted molar refractivity (Wildman–Crippen MR) is 61.2 cm³/mol. The van der Waals surface area contributed by atoms with Crippen molar-refractivity contribution in [3.63, 3.8) is 0 Å². The van der Waals surface area contributed by atoms with Crippen LogP contribution in [0.15, 0.2) is 5.51 Å². The van der Waals surface area contributed by atoms with E-state index in [2.05, 4.69) is 15.0 Å². The predicted octanol–water partition coefficient (Wildman–Crippen LogP) is 0.464. The molecule has 1 aromatic heterocycles. The highest BCUT2D eigenvalue weighted by molar-refractivity contribution is 7.09. The lowest BCUT2D eigenvalue weighted by Crippen LogP contribution is -2.45. The highest BCUT2D eigenvalue weighted by atomic mass is 32.1. The molecule has 0 aliphatic rings. The van der Waals surface area contributed by atoms with Crippen LogP contribution < -0.4 is 5.32 Å². The number of nitrogens with one attached hydrogen (secondary N) is 1. The molecule has 0 amide bonds. The Hall–Kier alpha value is -0.980. The summed E-state index contributed by atoms with van der Waals surface area (Å²) in [5.74, 6) is -0.461. The maximum Gasteiger partial charge on any atom is 0.325 e. The number of rotatable bonds is 5. The number of aliphatic hydroxyl groups excluding tert-OH is 1. The van der Waals surface area contributed by atoms with Gasteiger partial charge in [-0.3, -0.25) is 10.1 Å². The number of hydrogen-bond donors (Lipinski definition) is 2. The first-order valence-electron chi connectivity index (χ1n) is 4.94. The van der Waals surface area contributed by atoms with Gasteiger partial charge >= 0.3 is 5.97 Å². The fraction of sp³-hybridized carbons (Fsp3) is 0.600. The molecule has 0 aromatic carbocycles. The average Bonchev–Trinajstić information content (AvgIpc) is 2.64. The van der Waals surface area contributed by atoms with Crippen molar-refractivity contribution in [1.82, 2.24) is 10.3 Å². The molecule has 16 heavy (non-hydrogen) atoms. The molecule has 0 bridgehead atoms. The van der Waals surface area contributed by atoms with Crippen molar-refractivity contribution in [3.05, 3.63) is 16.1 Å². The normalized spacial score (nSPS) is 14.5. The second-order valence-corrected chi connectivity index (χ2v) is 4.42. The van der Waals surface area contributed by atoms with E-state index in [1.807, 2.05) is 6.92 Å². The Morgan fingerprint density at radius 2 is 2.44 bits per heavy atom. The van der Waals surface area contributed by atoms with Gasteiger partial charge in [0, 0.05) is 11.4 Å². The summed E-state index contributed by atoms with van der Waals surface area (Å²) in [5, 5.41) is 12.4. The van der Waals surface area contributed by atoms with E-state index in [4.69, 9.17) is 0 Å². The second kappa shape index (κ2) is 5.93. The minimum Gasteiger partial charge on any atom is -0.468 e. The van der Waals surface area contributed by atoms with E-state index in [1.54, 1.807) is 12.4 Å². The Balaban J connectivity index is 2.57. The molecule has 0 spiro atoms. The van der Waals surface area contributed by atoms with Crippen LogP contribution >= 0.6 is 11.3 Å². The lowest BCUT2D eigenvalue weighted by atomic mass is 10.2. The van der Waals surface area contributed by atoms with E-state index in [0.717, 1.165) is 10.6 Å². The number of esters is 1. The van der Waals surface area contributed by atoms with Crippen LogP contribution in [0.3, 0.4) is 0 Å². The first-order chi connectivity index (χ1) is 7.56. The number of carbonyl (C=O) groups excluding carboxylic acids is 1. The summed E-state index contributed by atoms with van der Waals surface area (Å²) in [5.41, 5.74) is 2.69. The third kappa shape index (κ3) is 3.26. The Morgan fingerprint density at radius 3 is 2.88 bits per heavy atom. The first kappa shape index (κ1) is 13.1. The highest BCUT2D eigenvalue weighted by Gasteiger charge is 2.24. The van der Waals surface area contributed by atoms with Gasteiger partial charge in [0.15, 0.2) is 0 Å². The summed E-state index contributed by atoms with van der Waals surface area (Å²) in [7, 11) is 1.30. The van der Waals surface area contributed by atoms with Crippen molar-refractivity contribution < 1.29 is 14.6 Å². The fourth-order valence-corrected chi connectivity index (χ4v) is 2.00. The third-order valence-corrected chi connectivity index (χ3v) is 3.20. The summed E-state index contributed by atoms with van der Waals surface area (Å²) in [6, 6.07) is -0.702. The van der Waals surface area contributed by atoms with Crippen molar-refractivity contribution in [3.8, 4) is 0 Å². The zero-order valence-corrected chi connectivity index (χ0v) is 10.4. The van der Waals surface area contributed by atoms with Gasteiger partial charge in [-0.05, 0) is 13.8 Å². The van der Waals surface area contributed by atoms with Crippen molar-refractivity contribution in [2.75, 3.05) is 7.11 Å². The van der Waals surface area contributed by atoms with Crippen LogP contribution in [0.5, 0.6) is 0 Å². The van der Waals surface area contributed by atoms with Gasteiger partial charge in [-0.1, -0.05) is 0 Å². The largest absolute Gasteiger partial charge is 0.468 e. The van der Waals surface area contributed by atoms with Crippen molar-refractivity contribution in [2.24, 2.45) is 0 Å². The zero-order valence-electron chi connectivity index (χ0n) is 9.56. The Bertz CT molecular complexity index is 352. The quantitative estimate of drug-likeness (QED) is 0.736. The molecule has 0 fully saturated rings. The van der Waals surface area contributed by atoms with Gasteiger partial charge in [-0.2, -0.15) is 0 Å². The number of carbonyl (C=O) groups is 1. The standard InChI is InChI=1S/C10H16N2O3S/c1-6-8(16-5-12-6)4-11-9(7(2)13)10(14)15-3/h5,7,9,11,13H,4H2,1-3H3/t7-,9-/m1/s1. The van der Waals surface area contributed by atoms with Gasteiger partial charge in [-0.15, -0.1) is 11.3 Å². The van der Waals surface area contributed by atoms with E-state index >= 15 is 0 Å². The average molecular weight is 244 g/mol. The summed E-state index contributed by atoms with van der Waals surface area (Å²) < 4.78 is 4.60. The molecule has 2 N–H and O–H groups in total. The molecule has 0 radical (unpaired) electrons. The molecule has 6 heteroatoms. The Labute approximate surface area is 98.5 Å². The summed E-state index contributed by atoms with van der Waals surface area (Å²) in [6.45, 7) is 3.96. The minimum atomic E-state index is -0.791. The SMILES string of the molecule is COC(=O)[C@H](NCc1scnc1C)[C@@H](C)O. The van der Waals surface area contributed by atoms with E-state index in [0.29, 0.717) is 6.54 Å². The van der Waals surface area contributed by atoms with Gasteiger partial charge in [-0.25, -0.2) is 4.98 Å². The molecule has 1 aromatic rings. The smallest absolute Gasteiger partial charge is 0.325 e. The van der Waals surface area contributed by atoms with Gasteiger partial charge in [0.05, 0.1) is 24.4 Å². The number of thiazole rings is 1. The van der Waals surface area contributed by atoms with E-state index in [-0.39, 0.29) is 0 Å². The molecule has 0 unspecified atom stereocenters. The molecule has 0 saturated heterocycles. The summed E-state index contributed by atoms with van der Waals surface area (Å²) in [4.78, 5) is 16.5. The Morgan fingerprint density at radius 1 is 1.75 bits per heavy atom. The summed E-state index contributed by atoms with van der Waals surface area (Å²) >= 11 is 1.52. The van der Waals surface area contributed by atoms with Crippen LogP contribution in [0.1, 0.15) is 17.5 Å². The van der Waals surface area contributed by atoms with Crippen molar-refractivity contribution in [1.29, 1.82) is 0 Å². The van der Waals surface area contributed by atoms with Crippen LogP contribution in [-0.2, 0) is 16.1 Å². The molecular weight excluding hydrogens is 228 g/mol. The van der Waals surface area contributed by atoms with Gasteiger partial charge in [0.25, 0.3) is 0 Å². The molecule has 2 atom stereocenters. The van der Waals surface area contributed by atoms with Crippen LogP contribution in [0.2, 0.25) is 0 Å². The highest BCUT2D eigenvalue weighted by Crippen LogP contribution is 2.12. The lowest BCUT2D eigenvalue weighted by Gasteiger charge is -2.18. The molecule has 0 aliphatic carbocycles. The first-order valence-corrected chi connectivity index (χ1v) is 5.82. The number of aromatic nitrogens is 1. The van der Waals surface area contributed by atoms with Crippen molar-refractivity contribution >= 4 is 17.3 Å². The third-order valence-electron chi connectivity index (χ3n) is 2.26. The zero-order chi connectivity index (χ0) is 12.1. The molecule has 1 rings (SSSR count). The van der Waals surface area contributed by atoms with Crippen LogP contribution in [0.25, 0.3) is 0 Å². The minimum absolute atomic E-state index is 0.461. The molecule has 0 saturated carbocycles. The maximum atomic E-state index is 11.3. The molecule has 5 nitrogen and oxygen atoms in total. The number of nitrogens with zero attached hydrogens (tertiary/aromatic N) is 1. The van der Waals surface area contributed by atoms with E-state index in [9.17, 15) is 9.90 Å². The van der Waals surface area contributed by atoms with Crippen LogP contribution in [0.4, 0.5) is 0 Å². The molecule has 1 heterocycles. The van der Waals surface area contributed by atoms with Gasteiger partial charge in [0.1, 0.15) is 6.04 Å². The molecule has 0 aliphatic heterocycles. The van der Waals surface area contributed by atoms with Gasteiger partial charge in [0.2, 0.25) is 0 Å². The van der Waals surface area contributed by atoms with Crippen molar-refractivity contribution in [2.45, 2.75) is 32.5 Å². The second-order valence-electron chi connectivity index (χ2n) is 3.48. The van der Waals surface area contributed by atoms with Crippen LogP contribution in [0, 0.1) is 6.92 Å². The lowest BCUT2D eigenvalue weighted by molar-refractivity contribution is -0.145. The van der Waals surface area contributed by atoms with E-state index < -0.39 is 18.1 Å². The monoisotopic (exact) mass is 244 g/mol. The van der Waals surface area contributed by atoms with Crippen LogP contribution in [-0.4, -0.2) is 35.3 Å². The summed E-state index contributed by atoms with van der Waals surface area (Å²) in [6.07, 6.45) is -0.791.